The fourth-order valence-corrected chi connectivity index (χ4v) is 4.12. The van der Waals surface area contributed by atoms with E-state index < -0.39 is 11.6 Å². The lowest BCUT2D eigenvalue weighted by Crippen LogP contribution is -2.53. The highest BCUT2D eigenvalue weighted by Gasteiger charge is 2.44. The lowest BCUT2D eigenvalue weighted by atomic mass is 9.98. The Kier molecular flexibility index (Phi) is 13.9. The van der Waals surface area contributed by atoms with Gasteiger partial charge in [0.25, 0.3) is 0 Å². The summed E-state index contributed by atoms with van der Waals surface area (Å²) in [5.41, 5.74) is -0.999. The third kappa shape index (κ3) is 13.0. The van der Waals surface area contributed by atoms with Gasteiger partial charge in [0.15, 0.2) is 0 Å². The van der Waals surface area contributed by atoms with Gasteiger partial charge in [-0.2, -0.15) is 0 Å². The largest absolute Gasteiger partial charge is 0.464 e. The van der Waals surface area contributed by atoms with E-state index in [1.54, 1.807) is 0 Å². The third-order valence-electron chi connectivity index (χ3n) is 6.06. The average molecular weight is 440 g/mol. The van der Waals surface area contributed by atoms with Gasteiger partial charge < -0.3 is 14.8 Å². The minimum Gasteiger partial charge on any atom is -0.464 e. The molecule has 0 bridgehead atoms. The highest BCUT2D eigenvalue weighted by atomic mass is 16.6. The van der Waals surface area contributed by atoms with Crippen LogP contribution in [0.25, 0.3) is 0 Å². The predicted octanol–water partition coefficient (Wildman–Crippen LogP) is 7.32. The maximum Gasteiger partial charge on any atom is 0.408 e. The topological polar surface area (TPSA) is 64.6 Å². The summed E-state index contributed by atoms with van der Waals surface area (Å²) in [5.74, 6) is -0.291. The SMILES string of the molecule is CCCCCCCCCCCCCCOC(=O)C1(NC(=O)OCC(C)(C)C)CCCC1. The van der Waals surface area contributed by atoms with Crippen molar-refractivity contribution in [1.82, 2.24) is 5.32 Å². The molecule has 0 heterocycles. The van der Waals surface area contributed by atoms with E-state index in [9.17, 15) is 9.59 Å². The van der Waals surface area contributed by atoms with Gasteiger partial charge in [0.1, 0.15) is 5.54 Å². The van der Waals surface area contributed by atoms with Crippen LogP contribution in [0.15, 0.2) is 0 Å². The second-order valence-corrected chi connectivity index (χ2v) is 10.6. The summed E-state index contributed by atoms with van der Waals surface area (Å²) in [4.78, 5) is 24.9. The molecule has 0 aromatic heterocycles. The number of nitrogens with one attached hydrogen (secondary N) is 1. The molecule has 1 amide bonds. The molecule has 1 rings (SSSR count). The molecule has 0 aliphatic heterocycles. The van der Waals surface area contributed by atoms with Crippen molar-refractivity contribution in [3.05, 3.63) is 0 Å². The molecule has 0 spiro atoms. The molecule has 1 aliphatic carbocycles. The first-order chi connectivity index (χ1) is 14.8. The van der Waals surface area contributed by atoms with E-state index in [4.69, 9.17) is 9.47 Å². The molecule has 31 heavy (non-hydrogen) atoms. The number of esters is 1. The van der Waals surface area contributed by atoms with E-state index in [-0.39, 0.29) is 11.4 Å². The van der Waals surface area contributed by atoms with Gasteiger partial charge in [0.05, 0.1) is 13.2 Å². The second-order valence-electron chi connectivity index (χ2n) is 10.6. The highest BCUT2D eigenvalue weighted by Crippen LogP contribution is 2.31. The number of rotatable bonds is 16. The molecule has 0 aromatic rings. The normalized spacial score (nSPS) is 15.6. The van der Waals surface area contributed by atoms with Crippen LogP contribution in [0.2, 0.25) is 0 Å². The molecule has 0 unspecified atom stereocenters. The van der Waals surface area contributed by atoms with E-state index in [1.165, 1.54) is 64.2 Å². The molecule has 182 valence electrons. The molecule has 0 saturated heterocycles. The van der Waals surface area contributed by atoms with E-state index in [0.717, 1.165) is 25.7 Å². The number of alkyl carbamates (subject to hydrolysis) is 1. The van der Waals surface area contributed by atoms with Gasteiger partial charge in [0.2, 0.25) is 0 Å². The van der Waals surface area contributed by atoms with Crippen LogP contribution in [-0.4, -0.2) is 30.8 Å². The van der Waals surface area contributed by atoms with E-state index >= 15 is 0 Å². The van der Waals surface area contributed by atoms with Crippen molar-refractivity contribution in [1.29, 1.82) is 0 Å². The monoisotopic (exact) mass is 439 g/mol. The van der Waals surface area contributed by atoms with Gasteiger partial charge in [-0.25, -0.2) is 9.59 Å². The summed E-state index contributed by atoms with van der Waals surface area (Å²) in [7, 11) is 0. The highest BCUT2D eigenvalue weighted by molar-refractivity contribution is 5.86. The molecule has 1 N–H and O–H groups in total. The Balaban J connectivity index is 2.13. The molecule has 0 atom stereocenters. The van der Waals surface area contributed by atoms with Crippen molar-refractivity contribution in [2.24, 2.45) is 5.41 Å². The van der Waals surface area contributed by atoms with Crippen LogP contribution in [-0.2, 0) is 14.3 Å². The van der Waals surface area contributed by atoms with Gasteiger partial charge in [-0.05, 0) is 24.7 Å². The van der Waals surface area contributed by atoms with Crippen LogP contribution >= 0.6 is 0 Å². The van der Waals surface area contributed by atoms with Crippen molar-refractivity contribution < 1.29 is 19.1 Å². The van der Waals surface area contributed by atoms with Crippen molar-refractivity contribution >= 4 is 12.1 Å². The number of carbonyl (C=O) groups excluding carboxylic acids is 2. The molecule has 1 aliphatic rings. The first kappa shape index (κ1) is 27.8. The summed E-state index contributed by atoms with van der Waals surface area (Å²) >= 11 is 0. The van der Waals surface area contributed by atoms with Crippen molar-refractivity contribution in [2.45, 2.75) is 136 Å². The van der Waals surface area contributed by atoms with Crippen LogP contribution < -0.4 is 5.32 Å². The van der Waals surface area contributed by atoms with Gasteiger partial charge in [-0.3, -0.25) is 0 Å². The number of hydrogen-bond acceptors (Lipinski definition) is 4. The zero-order valence-corrected chi connectivity index (χ0v) is 20.9. The van der Waals surface area contributed by atoms with Crippen LogP contribution in [0, 0.1) is 5.41 Å². The van der Waals surface area contributed by atoms with E-state index in [1.807, 2.05) is 20.8 Å². The van der Waals surface area contributed by atoms with Crippen molar-refractivity contribution in [3.8, 4) is 0 Å². The van der Waals surface area contributed by atoms with Gasteiger partial charge >= 0.3 is 12.1 Å². The Hall–Kier alpha value is -1.26. The Bertz CT molecular complexity index is 492. The first-order valence-electron chi connectivity index (χ1n) is 12.9. The summed E-state index contributed by atoms with van der Waals surface area (Å²) < 4.78 is 10.9. The predicted molar refractivity (Wildman–Crippen MR) is 127 cm³/mol. The second kappa shape index (κ2) is 15.5. The maximum atomic E-state index is 12.7. The number of carbonyl (C=O) groups is 2. The average Bonchev–Trinajstić information content (AvgIpc) is 3.19. The first-order valence-corrected chi connectivity index (χ1v) is 12.9. The molecular formula is C26H49NO4. The fraction of sp³-hybridized carbons (Fsp3) is 0.923. The lowest BCUT2D eigenvalue weighted by Gasteiger charge is -2.28. The summed E-state index contributed by atoms with van der Waals surface area (Å²) in [5, 5.41) is 2.83. The van der Waals surface area contributed by atoms with Crippen LogP contribution in [0.4, 0.5) is 4.79 Å². The molecule has 5 heteroatoms. The number of ether oxygens (including phenoxy) is 2. The van der Waals surface area contributed by atoms with Gasteiger partial charge in [-0.1, -0.05) is 111 Å². The van der Waals surface area contributed by atoms with E-state index in [0.29, 0.717) is 26.1 Å². The van der Waals surface area contributed by atoms with Gasteiger partial charge in [-0.15, -0.1) is 0 Å². The fourth-order valence-electron chi connectivity index (χ4n) is 4.12. The Morgan fingerprint density at radius 3 is 1.74 bits per heavy atom. The molecule has 0 radical (unpaired) electrons. The number of hydrogen-bond donors (Lipinski definition) is 1. The van der Waals surface area contributed by atoms with Crippen molar-refractivity contribution in [3.63, 3.8) is 0 Å². The zero-order chi connectivity index (χ0) is 23.0. The molecule has 5 nitrogen and oxygen atoms in total. The Morgan fingerprint density at radius 2 is 1.26 bits per heavy atom. The number of unbranched alkanes of at least 4 members (excludes halogenated alkanes) is 11. The molecule has 1 fully saturated rings. The molecule has 1 saturated carbocycles. The summed E-state index contributed by atoms with van der Waals surface area (Å²) in [6, 6.07) is 0. The number of amides is 1. The standard InChI is InChI=1S/C26H49NO4/c1-5-6-7-8-9-10-11-12-13-14-15-18-21-30-23(28)26(19-16-17-20-26)27-24(29)31-22-25(2,3)4/h5-22H2,1-4H3,(H,27,29). The van der Waals surface area contributed by atoms with Crippen molar-refractivity contribution in [2.75, 3.05) is 13.2 Å². The molecule has 0 aromatic carbocycles. The van der Waals surface area contributed by atoms with Crippen LogP contribution in [0.1, 0.15) is 130 Å². The third-order valence-corrected chi connectivity index (χ3v) is 6.06. The smallest absolute Gasteiger partial charge is 0.408 e. The maximum absolute atomic E-state index is 12.7. The Morgan fingerprint density at radius 1 is 0.774 bits per heavy atom. The summed E-state index contributed by atoms with van der Waals surface area (Å²) in [6.07, 6.45) is 18.0. The quantitative estimate of drug-likeness (QED) is 0.202. The van der Waals surface area contributed by atoms with Crippen LogP contribution in [0.5, 0.6) is 0 Å². The van der Waals surface area contributed by atoms with Crippen LogP contribution in [0.3, 0.4) is 0 Å². The van der Waals surface area contributed by atoms with Gasteiger partial charge in [0, 0.05) is 0 Å². The minimum absolute atomic E-state index is 0.102. The zero-order valence-electron chi connectivity index (χ0n) is 20.9. The minimum atomic E-state index is -0.897. The molecular weight excluding hydrogens is 390 g/mol. The Labute approximate surface area is 191 Å². The van der Waals surface area contributed by atoms with E-state index in [2.05, 4.69) is 12.2 Å². The summed E-state index contributed by atoms with van der Waals surface area (Å²) in [6.45, 7) is 9.05. The lowest BCUT2D eigenvalue weighted by molar-refractivity contribution is -0.151.